The van der Waals surface area contributed by atoms with E-state index in [4.69, 9.17) is 0 Å². The van der Waals surface area contributed by atoms with Crippen LogP contribution in [-0.4, -0.2) is 6.54 Å². The van der Waals surface area contributed by atoms with Gasteiger partial charge in [-0.05, 0) is 42.5 Å². The molecule has 1 saturated heterocycles. The van der Waals surface area contributed by atoms with Crippen LogP contribution in [0.15, 0.2) is 22.7 Å². The third-order valence-corrected chi connectivity index (χ3v) is 4.05. The Morgan fingerprint density at radius 2 is 2.31 bits per heavy atom. The van der Waals surface area contributed by atoms with Gasteiger partial charge in [-0.3, -0.25) is 0 Å². The Morgan fingerprint density at radius 3 is 3.23 bits per heavy atom. The van der Waals surface area contributed by atoms with E-state index in [9.17, 15) is 0 Å². The molecule has 0 radical (unpaired) electrons. The zero-order valence-electron chi connectivity index (χ0n) is 7.39. The molecule has 2 heteroatoms. The lowest BCUT2D eigenvalue weighted by molar-refractivity contribution is 0.504. The first-order valence-electron chi connectivity index (χ1n) is 4.87. The van der Waals surface area contributed by atoms with Gasteiger partial charge in [-0.25, -0.2) is 0 Å². The quantitative estimate of drug-likeness (QED) is 0.732. The monoisotopic (exact) mass is 237 g/mol. The average Bonchev–Trinajstić information content (AvgIpc) is 2.65. The van der Waals surface area contributed by atoms with E-state index in [2.05, 4.69) is 39.4 Å². The maximum absolute atomic E-state index is 3.63. The van der Waals surface area contributed by atoms with Crippen molar-refractivity contribution in [3.8, 4) is 0 Å². The number of benzene rings is 1. The summed E-state index contributed by atoms with van der Waals surface area (Å²) in [4.78, 5) is 0. The summed E-state index contributed by atoms with van der Waals surface area (Å²) in [7, 11) is 0. The lowest BCUT2D eigenvalue weighted by Crippen LogP contribution is -2.13. The second kappa shape index (κ2) is 2.82. The van der Waals surface area contributed by atoms with Gasteiger partial charge in [0, 0.05) is 10.5 Å². The molecule has 0 aromatic heterocycles. The standard InChI is InChI=1S/C11H12BrN/c12-10-3-1-2-8-9(10)6-7-4-5-13-11(7)8/h1-3,7,11,13H,4-6H2. The van der Waals surface area contributed by atoms with Crippen molar-refractivity contribution in [2.45, 2.75) is 18.9 Å². The van der Waals surface area contributed by atoms with Crippen molar-refractivity contribution in [3.05, 3.63) is 33.8 Å². The van der Waals surface area contributed by atoms with E-state index in [-0.39, 0.29) is 0 Å². The van der Waals surface area contributed by atoms with Gasteiger partial charge < -0.3 is 5.32 Å². The zero-order chi connectivity index (χ0) is 8.84. The largest absolute Gasteiger partial charge is 0.310 e. The van der Waals surface area contributed by atoms with Gasteiger partial charge in [0.05, 0.1) is 0 Å². The molecule has 0 saturated carbocycles. The third kappa shape index (κ3) is 1.09. The van der Waals surface area contributed by atoms with Gasteiger partial charge in [-0.15, -0.1) is 0 Å². The van der Waals surface area contributed by atoms with E-state index >= 15 is 0 Å². The van der Waals surface area contributed by atoms with Gasteiger partial charge in [0.25, 0.3) is 0 Å². The Morgan fingerprint density at radius 1 is 1.38 bits per heavy atom. The van der Waals surface area contributed by atoms with Gasteiger partial charge in [0.1, 0.15) is 0 Å². The van der Waals surface area contributed by atoms with Crippen LogP contribution in [0, 0.1) is 5.92 Å². The third-order valence-electron chi connectivity index (χ3n) is 3.31. The summed E-state index contributed by atoms with van der Waals surface area (Å²) in [6, 6.07) is 7.21. The van der Waals surface area contributed by atoms with Crippen LogP contribution in [-0.2, 0) is 6.42 Å². The molecule has 13 heavy (non-hydrogen) atoms. The molecular weight excluding hydrogens is 226 g/mol. The maximum Gasteiger partial charge on any atom is 0.0355 e. The minimum atomic E-state index is 0.646. The van der Waals surface area contributed by atoms with Crippen LogP contribution in [0.3, 0.4) is 0 Å². The van der Waals surface area contributed by atoms with Crippen molar-refractivity contribution in [3.63, 3.8) is 0 Å². The molecule has 68 valence electrons. The Hall–Kier alpha value is -0.340. The zero-order valence-corrected chi connectivity index (χ0v) is 8.97. The summed E-state index contributed by atoms with van der Waals surface area (Å²) in [6.07, 6.45) is 2.60. The summed E-state index contributed by atoms with van der Waals surface area (Å²) in [5.41, 5.74) is 3.06. The van der Waals surface area contributed by atoms with E-state index in [1.807, 2.05) is 0 Å². The molecular formula is C11H12BrN. The molecule has 1 aromatic rings. The molecule has 0 spiro atoms. The van der Waals surface area contributed by atoms with Crippen molar-refractivity contribution in [2.24, 2.45) is 5.92 Å². The number of fused-ring (bicyclic) bond motifs is 3. The Labute approximate surface area is 86.7 Å². The molecule has 3 rings (SSSR count). The number of hydrogen-bond donors (Lipinski definition) is 1. The lowest BCUT2D eigenvalue weighted by Gasteiger charge is -2.09. The highest BCUT2D eigenvalue weighted by Gasteiger charge is 2.36. The fourth-order valence-electron chi connectivity index (χ4n) is 2.69. The first-order valence-corrected chi connectivity index (χ1v) is 5.66. The fraction of sp³-hybridized carbons (Fsp3) is 0.455. The fourth-order valence-corrected chi connectivity index (χ4v) is 3.23. The molecule has 1 aromatic carbocycles. The summed E-state index contributed by atoms with van der Waals surface area (Å²) < 4.78 is 1.29. The summed E-state index contributed by atoms with van der Waals surface area (Å²) >= 11 is 3.63. The number of rotatable bonds is 0. The maximum atomic E-state index is 3.63. The van der Waals surface area contributed by atoms with E-state index in [0.29, 0.717) is 6.04 Å². The van der Waals surface area contributed by atoms with Gasteiger partial charge in [0.2, 0.25) is 0 Å². The molecule has 2 unspecified atom stereocenters. The number of nitrogens with one attached hydrogen (secondary N) is 1. The predicted octanol–water partition coefficient (Wildman–Crippen LogP) is 2.66. The van der Waals surface area contributed by atoms with E-state index in [0.717, 1.165) is 5.92 Å². The smallest absolute Gasteiger partial charge is 0.0355 e. The molecule has 1 fully saturated rings. The molecule has 1 aliphatic carbocycles. The van der Waals surface area contributed by atoms with Crippen LogP contribution in [0.5, 0.6) is 0 Å². The van der Waals surface area contributed by atoms with Crippen molar-refractivity contribution in [2.75, 3.05) is 6.54 Å². The predicted molar refractivity (Wildman–Crippen MR) is 56.7 cm³/mol. The van der Waals surface area contributed by atoms with E-state index in [1.54, 1.807) is 0 Å². The summed E-state index contributed by atoms with van der Waals surface area (Å²) in [6.45, 7) is 1.20. The van der Waals surface area contributed by atoms with E-state index in [1.165, 1.54) is 35.0 Å². The molecule has 2 atom stereocenters. The van der Waals surface area contributed by atoms with Crippen LogP contribution < -0.4 is 5.32 Å². The normalized spacial score (nSPS) is 30.2. The minimum Gasteiger partial charge on any atom is -0.310 e. The van der Waals surface area contributed by atoms with Crippen LogP contribution in [0.2, 0.25) is 0 Å². The SMILES string of the molecule is Brc1cccc2c1CC1CCNC21. The molecule has 0 bridgehead atoms. The van der Waals surface area contributed by atoms with E-state index < -0.39 is 0 Å². The topological polar surface area (TPSA) is 12.0 Å². The van der Waals surface area contributed by atoms with Crippen LogP contribution in [0.25, 0.3) is 0 Å². The van der Waals surface area contributed by atoms with Crippen molar-refractivity contribution >= 4 is 15.9 Å². The molecule has 1 nitrogen and oxygen atoms in total. The molecule has 1 aliphatic heterocycles. The van der Waals surface area contributed by atoms with Crippen molar-refractivity contribution < 1.29 is 0 Å². The second-order valence-electron chi connectivity index (χ2n) is 3.99. The van der Waals surface area contributed by atoms with Crippen molar-refractivity contribution in [1.29, 1.82) is 0 Å². The minimum absolute atomic E-state index is 0.646. The average molecular weight is 238 g/mol. The first kappa shape index (κ1) is 8.01. The number of halogens is 1. The molecule has 1 N–H and O–H groups in total. The summed E-state index contributed by atoms with van der Waals surface area (Å²) in [5.74, 6) is 0.855. The Balaban J connectivity index is 2.12. The number of hydrogen-bond acceptors (Lipinski definition) is 1. The van der Waals surface area contributed by atoms with Crippen LogP contribution in [0.4, 0.5) is 0 Å². The Kier molecular flexibility index (Phi) is 1.74. The highest BCUT2D eigenvalue weighted by atomic mass is 79.9. The molecule has 1 heterocycles. The van der Waals surface area contributed by atoms with Gasteiger partial charge in [-0.2, -0.15) is 0 Å². The summed E-state index contributed by atoms with van der Waals surface area (Å²) in [5, 5.41) is 3.58. The first-order chi connectivity index (χ1) is 6.36. The van der Waals surface area contributed by atoms with Gasteiger partial charge in [0.15, 0.2) is 0 Å². The lowest BCUT2D eigenvalue weighted by atomic mass is 10.0. The van der Waals surface area contributed by atoms with Crippen LogP contribution >= 0.6 is 15.9 Å². The second-order valence-corrected chi connectivity index (χ2v) is 4.85. The molecule has 0 amide bonds. The van der Waals surface area contributed by atoms with Crippen molar-refractivity contribution in [1.82, 2.24) is 5.32 Å². The van der Waals surface area contributed by atoms with Crippen LogP contribution in [0.1, 0.15) is 23.6 Å². The highest BCUT2D eigenvalue weighted by Crippen LogP contribution is 2.43. The highest BCUT2D eigenvalue weighted by molar-refractivity contribution is 9.10. The molecule has 2 aliphatic rings. The Bertz CT molecular complexity index is 348. The van der Waals surface area contributed by atoms with Gasteiger partial charge >= 0.3 is 0 Å². The van der Waals surface area contributed by atoms with Gasteiger partial charge in [-0.1, -0.05) is 28.1 Å².